The van der Waals surface area contributed by atoms with Crippen molar-refractivity contribution in [2.24, 2.45) is 0 Å². The number of rotatable bonds is 5. The first-order valence-corrected chi connectivity index (χ1v) is 10.9. The second-order valence-corrected chi connectivity index (χ2v) is 9.78. The smallest absolute Gasteiger partial charge is 0.246 e. The van der Waals surface area contributed by atoms with Crippen LogP contribution in [0.4, 0.5) is 15.9 Å². The van der Waals surface area contributed by atoms with Crippen molar-refractivity contribution in [3.63, 3.8) is 0 Å². The molecule has 0 amide bonds. The summed E-state index contributed by atoms with van der Waals surface area (Å²) in [6.45, 7) is 8.75. The molecule has 0 fully saturated rings. The van der Waals surface area contributed by atoms with E-state index in [9.17, 15) is 12.8 Å². The van der Waals surface area contributed by atoms with Crippen molar-refractivity contribution in [2.45, 2.75) is 51.5 Å². The molecule has 7 nitrogen and oxygen atoms in total. The van der Waals surface area contributed by atoms with Crippen molar-refractivity contribution in [3.8, 4) is 0 Å². The zero-order valence-electron chi connectivity index (χ0n) is 16.8. The number of aryl methyl sites for hydroxylation is 2. The van der Waals surface area contributed by atoms with Gasteiger partial charge in [0.15, 0.2) is 5.65 Å². The summed E-state index contributed by atoms with van der Waals surface area (Å²) in [6.07, 6.45) is 1.89. The molecule has 3 aromatic rings. The Morgan fingerprint density at radius 2 is 1.97 bits per heavy atom. The van der Waals surface area contributed by atoms with Crippen molar-refractivity contribution in [1.82, 2.24) is 19.3 Å². The molecule has 2 N–H and O–H groups in total. The van der Waals surface area contributed by atoms with Crippen molar-refractivity contribution < 1.29 is 12.8 Å². The van der Waals surface area contributed by atoms with Crippen LogP contribution in [0.25, 0.3) is 5.65 Å². The van der Waals surface area contributed by atoms with Crippen LogP contribution in [0, 0.1) is 12.7 Å². The molecule has 156 valence electrons. The lowest BCUT2D eigenvalue weighted by Crippen LogP contribution is -2.40. The first-order valence-electron chi connectivity index (χ1n) is 9.06. The molecule has 0 saturated heterocycles. The average molecular weight is 440 g/mol. The Morgan fingerprint density at radius 3 is 2.59 bits per heavy atom. The molecule has 0 aliphatic rings. The summed E-state index contributed by atoms with van der Waals surface area (Å²) in [7, 11) is -3.85. The van der Waals surface area contributed by atoms with Crippen LogP contribution in [0.15, 0.2) is 29.3 Å². The monoisotopic (exact) mass is 439 g/mol. The standard InChI is InChI=1S/C19H23ClFN5O2S/c1-6-14-17(29(27,28)25-19(3,4)5)18-22-8-7-16(26(18)24-14)23-15-9-11(2)13(21)10-12(15)20/h7-10,23,25H,6H2,1-5H3. The van der Waals surface area contributed by atoms with E-state index >= 15 is 0 Å². The average Bonchev–Trinajstić information content (AvgIpc) is 2.98. The first kappa shape index (κ1) is 21.5. The zero-order valence-corrected chi connectivity index (χ0v) is 18.4. The minimum Gasteiger partial charge on any atom is -0.339 e. The van der Waals surface area contributed by atoms with Gasteiger partial charge in [-0.15, -0.1) is 0 Å². The number of sulfonamides is 1. The van der Waals surface area contributed by atoms with Crippen molar-refractivity contribution in [1.29, 1.82) is 0 Å². The van der Waals surface area contributed by atoms with Gasteiger partial charge in [-0.05, 0) is 57.9 Å². The van der Waals surface area contributed by atoms with E-state index in [2.05, 4.69) is 20.1 Å². The Labute approximate surface area is 174 Å². The molecule has 0 aliphatic heterocycles. The third kappa shape index (κ3) is 4.36. The van der Waals surface area contributed by atoms with Gasteiger partial charge in [0, 0.05) is 11.7 Å². The van der Waals surface area contributed by atoms with E-state index in [4.69, 9.17) is 11.6 Å². The molecule has 2 aromatic heterocycles. The highest BCUT2D eigenvalue weighted by atomic mass is 35.5. The predicted octanol–water partition coefficient (Wildman–Crippen LogP) is 4.21. The maximum Gasteiger partial charge on any atom is 0.246 e. The summed E-state index contributed by atoms with van der Waals surface area (Å²) < 4.78 is 43.8. The van der Waals surface area contributed by atoms with E-state index in [1.54, 1.807) is 39.8 Å². The van der Waals surface area contributed by atoms with Gasteiger partial charge in [0.25, 0.3) is 0 Å². The SMILES string of the molecule is CCc1nn2c(Nc3cc(C)c(F)cc3Cl)ccnc2c1S(=O)(=O)NC(C)(C)C. The lowest BCUT2D eigenvalue weighted by Gasteiger charge is -2.20. The highest BCUT2D eigenvalue weighted by Crippen LogP contribution is 2.30. The quantitative estimate of drug-likeness (QED) is 0.621. The second kappa shape index (κ2) is 7.55. The third-order valence-electron chi connectivity index (χ3n) is 4.10. The number of benzene rings is 1. The van der Waals surface area contributed by atoms with E-state index in [0.717, 1.165) is 0 Å². The number of aromatic nitrogens is 3. The summed E-state index contributed by atoms with van der Waals surface area (Å²) in [5.74, 6) is 0.0456. The number of hydrogen-bond donors (Lipinski definition) is 2. The Bertz CT molecular complexity index is 1190. The Kier molecular flexibility index (Phi) is 5.59. The van der Waals surface area contributed by atoms with Crippen LogP contribution >= 0.6 is 11.6 Å². The molecule has 0 aliphatic carbocycles. The van der Waals surface area contributed by atoms with Gasteiger partial charge < -0.3 is 5.32 Å². The van der Waals surface area contributed by atoms with Crippen LogP contribution in [0.3, 0.4) is 0 Å². The summed E-state index contributed by atoms with van der Waals surface area (Å²) in [4.78, 5) is 4.29. The van der Waals surface area contributed by atoms with Crippen molar-refractivity contribution in [3.05, 3.63) is 46.5 Å². The fraction of sp³-hybridized carbons (Fsp3) is 0.368. The maximum absolute atomic E-state index is 13.7. The fourth-order valence-corrected chi connectivity index (χ4v) is 4.90. The van der Waals surface area contributed by atoms with Crippen molar-refractivity contribution in [2.75, 3.05) is 5.32 Å². The fourth-order valence-electron chi connectivity index (χ4n) is 2.92. The van der Waals surface area contributed by atoms with E-state index < -0.39 is 21.4 Å². The predicted molar refractivity (Wildman–Crippen MR) is 112 cm³/mol. The van der Waals surface area contributed by atoms with E-state index in [1.165, 1.54) is 16.8 Å². The topological polar surface area (TPSA) is 88.4 Å². The number of nitrogens with one attached hydrogen (secondary N) is 2. The maximum atomic E-state index is 13.7. The summed E-state index contributed by atoms with van der Waals surface area (Å²) in [5, 5.41) is 7.74. The number of anilines is 2. The lowest BCUT2D eigenvalue weighted by molar-refractivity contribution is 0.491. The van der Waals surface area contributed by atoms with Gasteiger partial charge in [0.05, 0.1) is 16.4 Å². The number of fused-ring (bicyclic) bond motifs is 1. The van der Waals surface area contributed by atoms with Crippen LogP contribution in [0.1, 0.15) is 39.0 Å². The van der Waals surface area contributed by atoms with Gasteiger partial charge in [0.2, 0.25) is 10.0 Å². The van der Waals surface area contributed by atoms with Crippen LogP contribution in [-0.4, -0.2) is 28.6 Å². The molecule has 10 heteroatoms. The second-order valence-electron chi connectivity index (χ2n) is 7.76. The van der Waals surface area contributed by atoms with Crippen LogP contribution in [0.5, 0.6) is 0 Å². The highest BCUT2D eigenvalue weighted by Gasteiger charge is 2.30. The van der Waals surface area contributed by atoms with Gasteiger partial charge >= 0.3 is 0 Å². The van der Waals surface area contributed by atoms with Gasteiger partial charge in [0.1, 0.15) is 16.5 Å². The zero-order chi connectivity index (χ0) is 21.6. The normalized spacial score (nSPS) is 12.5. The minimum absolute atomic E-state index is 0.0416. The molecule has 0 spiro atoms. The minimum atomic E-state index is -3.85. The molecule has 0 saturated carbocycles. The Hall–Kier alpha value is -2.23. The van der Waals surface area contributed by atoms with E-state index in [-0.39, 0.29) is 15.6 Å². The van der Waals surface area contributed by atoms with Crippen LogP contribution < -0.4 is 10.0 Å². The van der Waals surface area contributed by atoms with Gasteiger partial charge in [-0.3, -0.25) is 0 Å². The molecular formula is C19H23ClFN5O2S. The molecule has 3 rings (SSSR count). The largest absolute Gasteiger partial charge is 0.339 e. The van der Waals surface area contributed by atoms with Crippen LogP contribution in [-0.2, 0) is 16.4 Å². The molecule has 0 radical (unpaired) electrons. The first-order chi connectivity index (χ1) is 13.4. The van der Waals surface area contributed by atoms with E-state index in [1.807, 2.05) is 6.92 Å². The number of hydrogen-bond acceptors (Lipinski definition) is 5. The highest BCUT2D eigenvalue weighted by molar-refractivity contribution is 7.89. The molecule has 29 heavy (non-hydrogen) atoms. The molecule has 0 unspecified atom stereocenters. The number of halogens is 2. The van der Waals surface area contributed by atoms with Crippen LogP contribution in [0.2, 0.25) is 5.02 Å². The summed E-state index contributed by atoms with van der Waals surface area (Å²) in [5.41, 5.74) is 0.828. The van der Waals surface area contributed by atoms with Gasteiger partial charge in [-0.25, -0.2) is 22.5 Å². The Balaban J connectivity index is 2.16. The van der Waals surface area contributed by atoms with Crippen molar-refractivity contribution >= 4 is 38.8 Å². The van der Waals surface area contributed by atoms with E-state index in [0.29, 0.717) is 29.2 Å². The third-order valence-corrected chi connectivity index (χ3v) is 6.25. The van der Waals surface area contributed by atoms with Gasteiger partial charge in [-0.1, -0.05) is 18.5 Å². The molecule has 1 aromatic carbocycles. The molecule has 0 bridgehead atoms. The van der Waals surface area contributed by atoms with Gasteiger partial charge in [-0.2, -0.15) is 9.61 Å². The molecule has 2 heterocycles. The molecular weight excluding hydrogens is 417 g/mol. The summed E-state index contributed by atoms with van der Waals surface area (Å²) in [6, 6.07) is 4.44. The summed E-state index contributed by atoms with van der Waals surface area (Å²) >= 11 is 6.16. The number of nitrogens with zero attached hydrogens (tertiary/aromatic N) is 3. The molecule has 0 atom stereocenters. The Morgan fingerprint density at radius 1 is 1.28 bits per heavy atom. The lowest BCUT2D eigenvalue weighted by atomic mass is 10.1.